The molecule has 6 heteroatoms. The standard InChI is InChI=1S/C12H17N5O/c1-9(2)17-6-5-15-11(12(17)18)14-4-3-10-7-13-8-16-10/h5-9H,3-4H2,1-2H3,(H,13,16)(H,14,15). The van der Waals surface area contributed by atoms with Crippen molar-refractivity contribution >= 4 is 5.82 Å². The van der Waals surface area contributed by atoms with Crippen LogP contribution in [-0.4, -0.2) is 26.1 Å². The monoisotopic (exact) mass is 247 g/mol. The third-order valence-electron chi connectivity index (χ3n) is 2.67. The average molecular weight is 247 g/mol. The molecule has 0 aliphatic carbocycles. The van der Waals surface area contributed by atoms with Crippen molar-refractivity contribution in [3.05, 3.63) is 41.0 Å². The van der Waals surface area contributed by atoms with Crippen molar-refractivity contribution in [1.82, 2.24) is 19.5 Å². The minimum absolute atomic E-state index is 0.0860. The molecule has 0 saturated carbocycles. The highest BCUT2D eigenvalue weighted by atomic mass is 16.1. The van der Waals surface area contributed by atoms with Gasteiger partial charge >= 0.3 is 0 Å². The molecule has 0 unspecified atom stereocenters. The van der Waals surface area contributed by atoms with Gasteiger partial charge in [0.15, 0.2) is 5.82 Å². The molecule has 0 bridgehead atoms. The molecule has 0 spiro atoms. The second-order valence-electron chi connectivity index (χ2n) is 4.34. The second kappa shape index (κ2) is 5.48. The molecule has 96 valence electrons. The van der Waals surface area contributed by atoms with Gasteiger partial charge in [0.25, 0.3) is 5.56 Å². The highest BCUT2D eigenvalue weighted by Gasteiger charge is 2.06. The number of hydrogen-bond acceptors (Lipinski definition) is 4. The molecule has 2 aromatic rings. The van der Waals surface area contributed by atoms with Gasteiger partial charge in [0, 0.05) is 43.3 Å². The third kappa shape index (κ3) is 2.77. The minimum Gasteiger partial charge on any atom is -0.365 e. The molecule has 0 amide bonds. The molecular weight excluding hydrogens is 230 g/mol. The first-order chi connectivity index (χ1) is 8.68. The lowest BCUT2D eigenvalue weighted by Gasteiger charge is -2.11. The molecule has 6 nitrogen and oxygen atoms in total. The van der Waals surface area contributed by atoms with Crippen LogP contribution in [0.3, 0.4) is 0 Å². The van der Waals surface area contributed by atoms with Crippen molar-refractivity contribution in [3.8, 4) is 0 Å². The molecule has 18 heavy (non-hydrogen) atoms. The summed E-state index contributed by atoms with van der Waals surface area (Å²) in [6.45, 7) is 4.58. The highest BCUT2D eigenvalue weighted by molar-refractivity contribution is 5.31. The van der Waals surface area contributed by atoms with E-state index in [0.717, 1.165) is 12.1 Å². The van der Waals surface area contributed by atoms with Crippen LogP contribution in [-0.2, 0) is 6.42 Å². The predicted octanol–water partition coefficient (Wildman–Crippen LogP) is 1.20. The van der Waals surface area contributed by atoms with E-state index in [1.807, 2.05) is 13.8 Å². The van der Waals surface area contributed by atoms with Gasteiger partial charge in [-0.3, -0.25) is 4.79 Å². The maximum atomic E-state index is 12.0. The van der Waals surface area contributed by atoms with Gasteiger partial charge in [0.2, 0.25) is 0 Å². The van der Waals surface area contributed by atoms with Gasteiger partial charge in [-0.1, -0.05) is 0 Å². The van der Waals surface area contributed by atoms with E-state index in [1.54, 1.807) is 29.5 Å². The van der Waals surface area contributed by atoms with Crippen LogP contribution in [0.4, 0.5) is 5.82 Å². The van der Waals surface area contributed by atoms with Crippen LogP contribution in [0.25, 0.3) is 0 Å². The Kier molecular flexibility index (Phi) is 3.76. The molecule has 2 N–H and O–H groups in total. The molecule has 0 radical (unpaired) electrons. The summed E-state index contributed by atoms with van der Waals surface area (Å²) in [6.07, 6.45) is 7.53. The molecular formula is C12H17N5O. The van der Waals surface area contributed by atoms with Gasteiger partial charge in [-0.25, -0.2) is 9.97 Å². The summed E-state index contributed by atoms with van der Waals surface area (Å²) in [5, 5.41) is 3.05. The number of aromatic nitrogens is 4. The van der Waals surface area contributed by atoms with Crippen LogP contribution in [0.15, 0.2) is 29.7 Å². The molecule has 0 atom stereocenters. The molecule has 0 aromatic carbocycles. The predicted molar refractivity (Wildman–Crippen MR) is 69.7 cm³/mol. The fourth-order valence-electron chi connectivity index (χ4n) is 1.69. The van der Waals surface area contributed by atoms with E-state index in [4.69, 9.17) is 0 Å². The van der Waals surface area contributed by atoms with E-state index in [2.05, 4.69) is 20.3 Å². The maximum Gasteiger partial charge on any atom is 0.293 e. The van der Waals surface area contributed by atoms with E-state index in [0.29, 0.717) is 12.4 Å². The Morgan fingerprint density at radius 3 is 3.00 bits per heavy atom. The van der Waals surface area contributed by atoms with E-state index in [9.17, 15) is 4.79 Å². The number of aromatic amines is 1. The Bertz CT molecular complexity index is 544. The smallest absolute Gasteiger partial charge is 0.293 e. The molecule has 2 rings (SSSR count). The number of anilines is 1. The van der Waals surface area contributed by atoms with Gasteiger partial charge in [-0.15, -0.1) is 0 Å². The molecule has 2 heterocycles. The molecule has 0 aliphatic heterocycles. The topological polar surface area (TPSA) is 75.6 Å². The molecule has 0 aliphatic rings. The van der Waals surface area contributed by atoms with Crippen molar-refractivity contribution in [2.75, 3.05) is 11.9 Å². The third-order valence-corrected chi connectivity index (χ3v) is 2.67. The van der Waals surface area contributed by atoms with Gasteiger partial charge in [-0.2, -0.15) is 0 Å². The minimum atomic E-state index is -0.0860. The Labute approximate surface area is 105 Å². The summed E-state index contributed by atoms with van der Waals surface area (Å²) in [7, 11) is 0. The zero-order chi connectivity index (χ0) is 13.0. The summed E-state index contributed by atoms with van der Waals surface area (Å²) < 4.78 is 1.66. The lowest BCUT2D eigenvalue weighted by molar-refractivity contribution is 0.575. The van der Waals surface area contributed by atoms with E-state index in [1.165, 1.54) is 0 Å². The van der Waals surface area contributed by atoms with Gasteiger partial charge in [0.05, 0.1) is 6.33 Å². The van der Waals surface area contributed by atoms with E-state index >= 15 is 0 Å². The van der Waals surface area contributed by atoms with Gasteiger partial charge in [0.1, 0.15) is 0 Å². The lowest BCUT2D eigenvalue weighted by atomic mass is 10.3. The molecule has 0 fully saturated rings. The number of nitrogens with zero attached hydrogens (tertiary/aromatic N) is 3. The van der Waals surface area contributed by atoms with Crippen LogP contribution in [0.1, 0.15) is 25.6 Å². The van der Waals surface area contributed by atoms with Gasteiger partial charge in [-0.05, 0) is 13.8 Å². The fourth-order valence-corrected chi connectivity index (χ4v) is 1.69. The number of imidazole rings is 1. The first kappa shape index (κ1) is 12.3. The van der Waals surface area contributed by atoms with Gasteiger partial charge < -0.3 is 14.9 Å². The van der Waals surface area contributed by atoms with Crippen molar-refractivity contribution in [3.63, 3.8) is 0 Å². The van der Waals surface area contributed by atoms with E-state index in [-0.39, 0.29) is 11.6 Å². The summed E-state index contributed by atoms with van der Waals surface area (Å²) in [5.74, 6) is 0.394. The summed E-state index contributed by atoms with van der Waals surface area (Å²) in [6, 6.07) is 0.133. The van der Waals surface area contributed by atoms with Crippen molar-refractivity contribution < 1.29 is 0 Å². The number of rotatable bonds is 5. The molecule has 2 aromatic heterocycles. The zero-order valence-electron chi connectivity index (χ0n) is 10.6. The fraction of sp³-hybridized carbons (Fsp3) is 0.417. The normalized spacial score (nSPS) is 10.8. The first-order valence-corrected chi connectivity index (χ1v) is 5.96. The Hall–Kier alpha value is -2.11. The van der Waals surface area contributed by atoms with Crippen molar-refractivity contribution in [1.29, 1.82) is 0 Å². The second-order valence-corrected chi connectivity index (χ2v) is 4.34. The summed E-state index contributed by atoms with van der Waals surface area (Å²) in [4.78, 5) is 23.0. The lowest BCUT2D eigenvalue weighted by Crippen LogP contribution is -2.26. The Morgan fingerprint density at radius 1 is 1.50 bits per heavy atom. The van der Waals surface area contributed by atoms with E-state index < -0.39 is 0 Å². The summed E-state index contributed by atoms with van der Waals surface area (Å²) >= 11 is 0. The largest absolute Gasteiger partial charge is 0.365 e. The van der Waals surface area contributed by atoms with Crippen LogP contribution in [0.5, 0.6) is 0 Å². The number of hydrogen-bond donors (Lipinski definition) is 2. The average Bonchev–Trinajstić information content (AvgIpc) is 2.84. The van der Waals surface area contributed by atoms with Crippen LogP contribution < -0.4 is 10.9 Å². The van der Waals surface area contributed by atoms with Crippen molar-refractivity contribution in [2.24, 2.45) is 0 Å². The highest BCUT2D eigenvalue weighted by Crippen LogP contribution is 2.01. The summed E-state index contributed by atoms with van der Waals surface area (Å²) in [5.41, 5.74) is 0.944. The zero-order valence-corrected chi connectivity index (χ0v) is 10.6. The van der Waals surface area contributed by atoms with Crippen LogP contribution >= 0.6 is 0 Å². The Balaban J connectivity index is 2.01. The number of nitrogens with one attached hydrogen (secondary N) is 2. The maximum absolute atomic E-state index is 12.0. The van der Waals surface area contributed by atoms with Crippen LogP contribution in [0.2, 0.25) is 0 Å². The number of H-pyrrole nitrogens is 1. The first-order valence-electron chi connectivity index (χ1n) is 5.96. The van der Waals surface area contributed by atoms with Crippen LogP contribution in [0, 0.1) is 0 Å². The Morgan fingerprint density at radius 2 is 2.33 bits per heavy atom. The SMILES string of the molecule is CC(C)n1ccnc(NCCc2cnc[nH]2)c1=O. The quantitative estimate of drug-likeness (QED) is 0.832. The molecule has 0 saturated heterocycles. The van der Waals surface area contributed by atoms with Crippen molar-refractivity contribution in [2.45, 2.75) is 26.3 Å².